The summed E-state index contributed by atoms with van der Waals surface area (Å²) in [5.41, 5.74) is 0.901. The molecule has 0 saturated carbocycles. The molecule has 0 aliphatic carbocycles. The van der Waals surface area contributed by atoms with Crippen molar-refractivity contribution in [2.24, 2.45) is 5.92 Å². The summed E-state index contributed by atoms with van der Waals surface area (Å²) in [6.07, 6.45) is 3.27. The number of imidazole rings is 1. The van der Waals surface area contributed by atoms with Crippen LogP contribution in [0.3, 0.4) is 0 Å². The second-order valence-electron chi connectivity index (χ2n) is 8.81. The maximum absolute atomic E-state index is 13.9. The molecule has 2 aromatic heterocycles. The minimum absolute atomic E-state index is 0.0560. The van der Waals surface area contributed by atoms with Crippen molar-refractivity contribution in [3.05, 3.63) is 76.6 Å². The number of aromatic nitrogens is 2. The van der Waals surface area contributed by atoms with Crippen LogP contribution in [-0.4, -0.2) is 41.4 Å². The molecule has 1 amide bonds. The van der Waals surface area contributed by atoms with Crippen molar-refractivity contribution in [2.45, 2.75) is 37.8 Å². The van der Waals surface area contributed by atoms with Crippen molar-refractivity contribution in [2.75, 3.05) is 4.31 Å². The summed E-state index contributed by atoms with van der Waals surface area (Å²) in [5.74, 6) is -1.57. The monoisotopic (exact) mass is 560 g/mol. The Balaban J connectivity index is 1.78. The Morgan fingerprint density at radius 1 is 1.19 bits per heavy atom. The highest BCUT2D eigenvalue weighted by atomic mass is 35.5. The van der Waals surface area contributed by atoms with E-state index in [1.807, 2.05) is 13.8 Å². The molecule has 0 fully saturated rings. The Morgan fingerprint density at radius 3 is 2.59 bits per heavy atom. The first-order chi connectivity index (χ1) is 17.6. The molecule has 0 aliphatic rings. The number of sulfonamides is 1. The fourth-order valence-electron chi connectivity index (χ4n) is 3.90. The van der Waals surface area contributed by atoms with Gasteiger partial charge in [0, 0.05) is 16.3 Å². The number of carbonyl (C=O) groups is 2. The molecule has 0 bridgehead atoms. The number of benzene rings is 2. The first-order valence-electron chi connectivity index (χ1n) is 11.4. The van der Waals surface area contributed by atoms with Crippen LogP contribution in [0.15, 0.2) is 66.0 Å². The number of thiophene rings is 1. The summed E-state index contributed by atoms with van der Waals surface area (Å²) in [6, 6.07) is 11.9. The van der Waals surface area contributed by atoms with Gasteiger partial charge in [0.05, 0.1) is 34.2 Å². The number of carboxylic acids is 1. The number of anilines is 1. The van der Waals surface area contributed by atoms with E-state index in [0.717, 1.165) is 11.3 Å². The molecule has 37 heavy (non-hydrogen) atoms. The third-order valence-corrected chi connectivity index (χ3v) is 8.97. The molecule has 2 heterocycles. The van der Waals surface area contributed by atoms with E-state index in [0.29, 0.717) is 21.5 Å². The number of aliphatic carboxylic acids is 1. The lowest BCUT2D eigenvalue weighted by atomic mass is 10.0. The van der Waals surface area contributed by atoms with E-state index in [1.54, 1.807) is 36.4 Å². The second kappa shape index (κ2) is 10.9. The summed E-state index contributed by atoms with van der Waals surface area (Å²) in [5, 5.41) is 12.7. The molecule has 1 atom stereocenters. The maximum Gasteiger partial charge on any atom is 0.326 e. The van der Waals surface area contributed by atoms with Gasteiger partial charge in [0.1, 0.15) is 10.9 Å². The molecular weight excluding hydrogens is 536 g/mol. The van der Waals surface area contributed by atoms with Crippen molar-refractivity contribution in [3.63, 3.8) is 0 Å². The van der Waals surface area contributed by atoms with Crippen LogP contribution in [0.4, 0.5) is 5.69 Å². The van der Waals surface area contributed by atoms with Crippen LogP contribution in [0.5, 0.6) is 0 Å². The van der Waals surface area contributed by atoms with Crippen LogP contribution in [0.1, 0.15) is 35.6 Å². The third kappa shape index (κ3) is 5.79. The number of hydrogen-bond acceptors (Lipinski definition) is 6. The highest BCUT2D eigenvalue weighted by Gasteiger charge is 2.30. The number of aromatic amines is 1. The van der Waals surface area contributed by atoms with E-state index in [-0.39, 0.29) is 33.7 Å². The largest absolute Gasteiger partial charge is 0.480 e. The van der Waals surface area contributed by atoms with Gasteiger partial charge < -0.3 is 15.4 Å². The molecular formula is C25H25ClN4O5S2. The highest BCUT2D eigenvalue weighted by molar-refractivity contribution is 7.93. The molecule has 0 aliphatic heterocycles. The second-order valence-corrected chi connectivity index (χ2v) is 12.1. The average Bonchev–Trinajstić information content (AvgIpc) is 3.51. The Morgan fingerprint density at radius 2 is 1.95 bits per heavy atom. The third-order valence-electron chi connectivity index (χ3n) is 5.61. The number of nitrogens with one attached hydrogen (secondary N) is 2. The quantitative estimate of drug-likeness (QED) is 0.253. The molecule has 194 valence electrons. The van der Waals surface area contributed by atoms with Gasteiger partial charge in [-0.15, -0.1) is 11.3 Å². The van der Waals surface area contributed by atoms with Crippen LogP contribution in [0.25, 0.3) is 10.1 Å². The SMILES string of the molecule is CC(C)C[C@H](NC(=O)c1cc2c(N(Cc3cnc[nH]3)S(=O)(=O)c3ccccc3Cl)cccc2s1)C(=O)O. The zero-order valence-corrected chi connectivity index (χ0v) is 22.4. The average molecular weight is 561 g/mol. The number of halogens is 1. The van der Waals surface area contributed by atoms with E-state index in [1.165, 1.54) is 29.0 Å². The number of H-pyrrole nitrogens is 1. The predicted molar refractivity (Wildman–Crippen MR) is 144 cm³/mol. The number of carbonyl (C=O) groups excluding carboxylic acids is 1. The molecule has 0 saturated heterocycles. The van der Waals surface area contributed by atoms with Crippen molar-refractivity contribution < 1.29 is 23.1 Å². The van der Waals surface area contributed by atoms with Crippen molar-refractivity contribution in [1.29, 1.82) is 0 Å². The van der Waals surface area contributed by atoms with Crippen LogP contribution < -0.4 is 9.62 Å². The van der Waals surface area contributed by atoms with Gasteiger partial charge in [-0.2, -0.15) is 0 Å². The van der Waals surface area contributed by atoms with E-state index >= 15 is 0 Å². The number of fused-ring (bicyclic) bond motifs is 1. The zero-order valence-electron chi connectivity index (χ0n) is 20.0. The Bertz CT molecular complexity index is 1530. The number of carboxylic acid groups (broad SMARTS) is 1. The van der Waals surface area contributed by atoms with Gasteiger partial charge in [-0.25, -0.2) is 18.2 Å². The van der Waals surface area contributed by atoms with Crippen LogP contribution in [-0.2, 0) is 21.4 Å². The lowest BCUT2D eigenvalue weighted by Crippen LogP contribution is -2.41. The molecule has 2 aromatic carbocycles. The normalized spacial score (nSPS) is 12.5. The predicted octanol–water partition coefficient (Wildman–Crippen LogP) is 4.90. The minimum Gasteiger partial charge on any atom is -0.480 e. The smallest absolute Gasteiger partial charge is 0.326 e. The van der Waals surface area contributed by atoms with Gasteiger partial charge >= 0.3 is 5.97 Å². The molecule has 4 aromatic rings. The van der Waals surface area contributed by atoms with Crippen molar-refractivity contribution in [3.8, 4) is 0 Å². The van der Waals surface area contributed by atoms with E-state index in [2.05, 4.69) is 15.3 Å². The summed E-state index contributed by atoms with van der Waals surface area (Å²) >= 11 is 7.43. The van der Waals surface area contributed by atoms with E-state index in [4.69, 9.17) is 11.6 Å². The molecule has 9 nitrogen and oxygen atoms in total. The van der Waals surface area contributed by atoms with Gasteiger partial charge in [0.25, 0.3) is 15.9 Å². The van der Waals surface area contributed by atoms with Gasteiger partial charge in [-0.05, 0) is 42.7 Å². The number of amides is 1. The molecule has 3 N–H and O–H groups in total. The summed E-state index contributed by atoms with van der Waals surface area (Å²) in [4.78, 5) is 31.8. The van der Waals surface area contributed by atoms with Crippen LogP contribution in [0, 0.1) is 5.92 Å². The topological polar surface area (TPSA) is 132 Å². The minimum atomic E-state index is -4.13. The lowest BCUT2D eigenvalue weighted by Gasteiger charge is -2.25. The molecule has 0 radical (unpaired) electrons. The van der Waals surface area contributed by atoms with E-state index < -0.39 is 27.9 Å². The fourth-order valence-corrected chi connectivity index (χ4v) is 6.84. The van der Waals surface area contributed by atoms with Gasteiger partial charge in [0.2, 0.25) is 0 Å². The maximum atomic E-state index is 13.9. The Kier molecular flexibility index (Phi) is 7.86. The fraction of sp³-hybridized carbons (Fsp3) is 0.240. The van der Waals surface area contributed by atoms with Crippen molar-refractivity contribution in [1.82, 2.24) is 15.3 Å². The summed E-state index contributed by atoms with van der Waals surface area (Å²) in [7, 11) is -4.13. The van der Waals surface area contributed by atoms with Crippen LogP contribution in [0.2, 0.25) is 5.02 Å². The Labute approximate surface area is 223 Å². The number of nitrogens with zero attached hydrogens (tertiary/aromatic N) is 2. The lowest BCUT2D eigenvalue weighted by molar-refractivity contribution is -0.139. The summed E-state index contributed by atoms with van der Waals surface area (Å²) in [6.45, 7) is 3.70. The molecule has 0 spiro atoms. The zero-order chi connectivity index (χ0) is 26.7. The first kappa shape index (κ1) is 26.6. The van der Waals surface area contributed by atoms with Crippen molar-refractivity contribution >= 4 is 60.6 Å². The molecule has 0 unspecified atom stereocenters. The van der Waals surface area contributed by atoms with Gasteiger partial charge in [0.15, 0.2) is 0 Å². The first-order valence-corrected chi connectivity index (χ1v) is 14.0. The van der Waals surface area contributed by atoms with Gasteiger partial charge in [-0.3, -0.25) is 9.10 Å². The molecule has 4 rings (SSSR count). The Hall–Kier alpha value is -3.41. The van der Waals surface area contributed by atoms with Gasteiger partial charge in [-0.1, -0.05) is 43.6 Å². The number of hydrogen-bond donors (Lipinski definition) is 3. The molecule has 12 heteroatoms. The standard InChI is InChI=1S/C25H25ClN4O5S2/c1-15(2)10-19(25(32)33)29-24(31)22-11-17-20(7-5-8-21(17)36-22)30(13-16-12-27-14-28-16)37(34,35)23-9-4-3-6-18(23)26/h3-9,11-12,14-15,19H,10,13H2,1-2H3,(H,27,28)(H,29,31)(H,32,33)/t19-/m0/s1. The number of rotatable bonds is 10. The van der Waals surface area contributed by atoms with E-state index in [9.17, 15) is 23.1 Å². The van der Waals surface area contributed by atoms with Crippen LogP contribution >= 0.6 is 22.9 Å². The highest BCUT2D eigenvalue weighted by Crippen LogP contribution is 2.37. The summed E-state index contributed by atoms with van der Waals surface area (Å²) < 4.78 is 29.6.